The molecule has 6 nitrogen and oxygen atoms in total. The number of rotatable bonds is 3. The van der Waals surface area contributed by atoms with Crippen LogP contribution in [0.5, 0.6) is 11.5 Å². The van der Waals surface area contributed by atoms with Crippen molar-refractivity contribution in [2.45, 2.75) is 13.3 Å². The van der Waals surface area contributed by atoms with Crippen molar-refractivity contribution >= 4 is 16.9 Å². The van der Waals surface area contributed by atoms with Crippen molar-refractivity contribution in [1.82, 2.24) is 4.57 Å². The number of esters is 1. The summed E-state index contributed by atoms with van der Waals surface area (Å²) in [5, 5.41) is 9.81. The standard InChI is InChI=1S/C14H12F3NO5/c1-3-22-13(21)10-8-6-7(23-14(15,16)17)4-5-9(8)18(2)12(20)11(10)19/h4-6,19H,3H2,1-2H3. The van der Waals surface area contributed by atoms with Crippen LogP contribution in [-0.2, 0) is 11.8 Å². The third-order valence-corrected chi connectivity index (χ3v) is 3.06. The average molecular weight is 331 g/mol. The first-order chi connectivity index (χ1) is 10.7. The van der Waals surface area contributed by atoms with Gasteiger partial charge in [0.15, 0.2) is 5.75 Å². The van der Waals surface area contributed by atoms with Gasteiger partial charge >= 0.3 is 12.3 Å². The van der Waals surface area contributed by atoms with Crippen molar-refractivity contribution in [3.05, 3.63) is 34.1 Å². The maximum absolute atomic E-state index is 12.3. The number of carbonyl (C=O) groups excluding carboxylic acids is 1. The normalized spacial score (nSPS) is 11.5. The van der Waals surface area contributed by atoms with Crippen molar-refractivity contribution in [3.63, 3.8) is 0 Å². The van der Waals surface area contributed by atoms with E-state index in [1.54, 1.807) is 0 Å². The summed E-state index contributed by atoms with van der Waals surface area (Å²) in [7, 11) is 1.31. The lowest BCUT2D eigenvalue weighted by atomic mass is 10.1. The van der Waals surface area contributed by atoms with E-state index in [0.29, 0.717) is 0 Å². The molecule has 2 aromatic rings. The van der Waals surface area contributed by atoms with Gasteiger partial charge in [-0.05, 0) is 25.1 Å². The molecule has 0 radical (unpaired) electrons. The van der Waals surface area contributed by atoms with Crippen molar-refractivity contribution in [2.24, 2.45) is 7.05 Å². The second-order valence-corrected chi connectivity index (χ2v) is 4.54. The molecule has 0 amide bonds. The number of pyridine rings is 1. The summed E-state index contributed by atoms with van der Waals surface area (Å²) in [6.45, 7) is 1.48. The molecule has 2 rings (SSSR count). The Balaban J connectivity index is 2.77. The molecule has 0 bridgehead atoms. The van der Waals surface area contributed by atoms with Crippen molar-refractivity contribution < 1.29 is 32.5 Å². The van der Waals surface area contributed by atoms with Crippen LogP contribution in [0.4, 0.5) is 13.2 Å². The van der Waals surface area contributed by atoms with Crippen LogP contribution in [0.25, 0.3) is 10.9 Å². The number of carbonyl (C=O) groups is 1. The molecule has 0 saturated heterocycles. The van der Waals surface area contributed by atoms with Gasteiger partial charge in [-0.15, -0.1) is 13.2 Å². The Morgan fingerprint density at radius 2 is 2.00 bits per heavy atom. The Morgan fingerprint density at radius 3 is 2.57 bits per heavy atom. The Labute approximate surface area is 127 Å². The van der Waals surface area contributed by atoms with E-state index < -0.39 is 35.0 Å². The highest BCUT2D eigenvalue weighted by molar-refractivity contribution is 6.06. The van der Waals surface area contributed by atoms with E-state index in [1.165, 1.54) is 20.0 Å². The lowest BCUT2D eigenvalue weighted by Gasteiger charge is -2.14. The zero-order chi connectivity index (χ0) is 17.4. The average Bonchev–Trinajstić information content (AvgIpc) is 2.43. The minimum absolute atomic E-state index is 0.0340. The van der Waals surface area contributed by atoms with E-state index >= 15 is 0 Å². The summed E-state index contributed by atoms with van der Waals surface area (Å²) in [5.74, 6) is -2.51. The molecule has 1 N–H and O–H groups in total. The minimum Gasteiger partial charge on any atom is -0.502 e. The molecule has 0 unspecified atom stereocenters. The molecule has 9 heteroatoms. The van der Waals surface area contributed by atoms with Gasteiger partial charge in [0.25, 0.3) is 5.56 Å². The SMILES string of the molecule is CCOC(=O)c1c(O)c(=O)n(C)c2ccc(OC(F)(F)F)cc12. The molecule has 0 spiro atoms. The lowest BCUT2D eigenvalue weighted by molar-refractivity contribution is -0.274. The zero-order valence-electron chi connectivity index (χ0n) is 12.1. The first-order valence-electron chi connectivity index (χ1n) is 6.44. The van der Waals surface area contributed by atoms with E-state index in [4.69, 9.17) is 4.74 Å². The van der Waals surface area contributed by atoms with Gasteiger partial charge in [0.2, 0.25) is 0 Å². The Bertz CT molecular complexity index is 826. The van der Waals surface area contributed by atoms with Gasteiger partial charge in [-0.2, -0.15) is 0 Å². The number of benzene rings is 1. The quantitative estimate of drug-likeness (QED) is 0.874. The van der Waals surface area contributed by atoms with Crippen LogP contribution in [0.1, 0.15) is 17.3 Å². The maximum atomic E-state index is 12.3. The molecule has 23 heavy (non-hydrogen) atoms. The fourth-order valence-corrected chi connectivity index (χ4v) is 2.12. The molecule has 0 fully saturated rings. The van der Waals surface area contributed by atoms with Crippen LogP contribution < -0.4 is 10.3 Å². The molecule has 0 aliphatic rings. The zero-order valence-corrected chi connectivity index (χ0v) is 12.1. The maximum Gasteiger partial charge on any atom is 0.573 e. The van der Waals surface area contributed by atoms with Crippen LogP contribution in [0.15, 0.2) is 23.0 Å². The Hall–Kier alpha value is -2.71. The largest absolute Gasteiger partial charge is 0.573 e. The third kappa shape index (κ3) is 3.22. The van der Waals surface area contributed by atoms with Gasteiger partial charge in [-0.3, -0.25) is 4.79 Å². The summed E-state index contributed by atoms with van der Waals surface area (Å²) in [6, 6.07) is 3.09. The highest BCUT2D eigenvalue weighted by Gasteiger charge is 2.31. The van der Waals surface area contributed by atoms with E-state index in [1.807, 2.05) is 0 Å². The van der Waals surface area contributed by atoms with Gasteiger partial charge in [-0.25, -0.2) is 4.79 Å². The molecular formula is C14H12F3NO5. The van der Waals surface area contributed by atoms with Crippen molar-refractivity contribution in [1.29, 1.82) is 0 Å². The molecule has 0 saturated carbocycles. The van der Waals surface area contributed by atoms with Crippen molar-refractivity contribution in [3.8, 4) is 11.5 Å². The van der Waals surface area contributed by atoms with Crippen LogP contribution in [-0.4, -0.2) is 28.6 Å². The van der Waals surface area contributed by atoms with E-state index in [9.17, 15) is 27.9 Å². The predicted molar refractivity (Wildman–Crippen MR) is 73.5 cm³/mol. The summed E-state index contributed by atoms with van der Waals surface area (Å²) in [4.78, 5) is 23.9. The first kappa shape index (κ1) is 16.7. The number of alkyl halides is 3. The highest BCUT2D eigenvalue weighted by atomic mass is 19.4. The molecule has 124 valence electrons. The van der Waals surface area contributed by atoms with Gasteiger partial charge in [-0.1, -0.05) is 0 Å². The smallest absolute Gasteiger partial charge is 0.502 e. The minimum atomic E-state index is -4.92. The molecule has 1 heterocycles. The summed E-state index contributed by atoms with van der Waals surface area (Å²) >= 11 is 0. The Kier molecular flexibility index (Phi) is 4.22. The predicted octanol–water partition coefficient (Wildman–Crippen LogP) is 2.32. The monoisotopic (exact) mass is 331 g/mol. The van der Waals surface area contributed by atoms with Crippen LogP contribution in [0, 0.1) is 0 Å². The first-order valence-corrected chi connectivity index (χ1v) is 6.44. The van der Waals surface area contributed by atoms with Crippen molar-refractivity contribution in [2.75, 3.05) is 6.61 Å². The van der Waals surface area contributed by atoms with Gasteiger partial charge in [0.05, 0.1) is 12.1 Å². The fraction of sp³-hybridized carbons (Fsp3) is 0.286. The van der Waals surface area contributed by atoms with Crippen LogP contribution in [0.3, 0.4) is 0 Å². The van der Waals surface area contributed by atoms with E-state index in [0.717, 1.165) is 16.7 Å². The van der Waals surface area contributed by atoms with Crippen LogP contribution >= 0.6 is 0 Å². The topological polar surface area (TPSA) is 77.8 Å². The Morgan fingerprint density at radius 1 is 1.35 bits per heavy atom. The summed E-state index contributed by atoms with van der Waals surface area (Å²) < 4.78 is 46.5. The summed E-state index contributed by atoms with van der Waals surface area (Å²) in [6.07, 6.45) is -4.92. The van der Waals surface area contributed by atoms with Gasteiger partial charge in [0, 0.05) is 12.4 Å². The number of aromatic nitrogens is 1. The van der Waals surface area contributed by atoms with Gasteiger partial charge < -0.3 is 19.1 Å². The van der Waals surface area contributed by atoms with E-state index in [-0.39, 0.29) is 17.5 Å². The number of aromatic hydroxyl groups is 1. The fourth-order valence-electron chi connectivity index (χ4n) is 2.12. The number of fused-ring (bicyclic) bond motifs is 1. The molecule has 0 atom stereocenters. The second-order valence-electron chi connectivity index (χ2n) is 4.54. The lowest BCUT2D eigenvalue weighted by Crippen LogP contribution is -2.21. The third-order valence-electron chi connectivity index (χ3n) is 3.06. The number of aryl methyl sites for hydroxylation is 1. The molecule has 1 aromatic heterocycles. The van der Waals surface area contributed by atoms with Crippen LogP contribution in [0.2, 0.25) is 0 Å². The summed E-state index contributed by atoms with van der Waals surface area (Å²) in [5.41, 5.74) is -1.23. The number of hydrogen-bond donors (Lipinski definition) is 1. The number of nitrogens with zero attached hydrogens (tertiary/aromatic N) is 1. The molecule has 0 aliphatic heterocycles. The highest BCUT2D eigenvalue weighted by Crippen LogP contribution is 2.30. The molecule has 1 aromatic carbocycles. The van der Waals surface area contributed by atoms with E-state index in [2.05, 4.69) is 4.74 Å². The number of hydrogen-bond acceptors (Lipinski definition) is 5. The molecular weight excluding hydrogens is 319 g/mol. The number of halogens is 3. The molecule has 0 aliphatic carbocycles. The van der Waals surface area contributed by atoms with Gasteiger partial charge in [0.1, 0.15) is 11.3 Å². The second kappa shape index (κ2) is 5.82. The number of ether oxygens (including phenoxy) is 2.